The molecule has 1 aliphatic heterocycles. The van der Waals surface area contributed by atoms with Crippen molar-refractivity contribution in [1.82, 2.24) is 15.2 Å². The van der Waals surface area contributed by atoms with Gasteiger partial charge in [-0.3, -0.25) is 9.59 Å². The van der Waals surface area contributed by atoms with E-state index < -0.39 is 0 Å². The molecule has 1 saturated heterocycles. The summed E-state index contributed by atoms with van der Waals surface area (Å²) >= 11 is 3.30. The normalized spacial score (nSPS) is 22.2. The molecule has 0 aromatic carbocycles. The average Bonchev–Trinajstić information content (AvgIpc) is 3.22. The highest BCUT2D eigenvalue weighted by Gasteiger charge is 2.58. The van der Waals surface area contributed by atoms with Crippen LogP contribution in [0.15, 0.2) is 15.3 Å². The van der Waals surface area contributed by atoms with Crippen LogP contribution in [0.2, 0.25) is 0 Å². The molecule has 1 N–H and O–H groups in total. The van der Waals surface area contributed by atoms with Crippen molar-refractivity contribution in [1.29, 1.82) is 0 Å². The fourth-order valence-electron chi connectivity index (χ4n) is 4.32. The molecule has 0 unspecified atom stereocenters. The van der Waals surface area contributed by atoms with E-state index in [0.29, 0.717) is 29.2 Å². The van der Waals surface area contributed by atoms with E-state index in [1.54, 1.807) is 6.20 Å². The number of hydrogen-bond acceptors (Lipinski definition) is 5. The van der Waals surface area contributed by atoms with Gasteiger partial charge in [-0.25, -0.2) is 4.98 Å². The Morgan fingerprint density at radius 2 is 2.11 bits per heavy atom. The van der Waals surface area contributed by atoms with Crippen LogP contribution < -0.4 is 5.32 Å². The molecule has 0 radical (unpaired) electrons. The summed E-state index contributed by atoms with van der Waals surface area (Å²) < 4.78 is 6.22. The Hall–Kier alpha value is -1.21. The van der Waals surface area contributed by atoms with E-state index in [1.807, 2.05) is 6.92 Å². The summed E-state index contributed by atoms with van der Waals surface area (Å²) in [4.78, 5) is 31.0. The molecule has 28 heavy (non-hydrogen) atoms. The van der Waals surface area contributed by atoms with Crippen LogP contribution in [0.5, 0.6) is 0 Å². The number of carbonyl (C=O) groups excluding carboxylic acids is 2. The number of unbranched alkanes of at least 4 members (excludes halogenated alkanes) is 2. The first-order chi connectivity index (χ1) is 13.4. The molecule has 1 saturated carbocycles. The maximum Gasteiger partial charge on any atom is 0.224 e. The summed E-state index contributed by atoms with van der Waals surface area (Å²) in [6.45, 7) is 4.07. The fraction of sp³-hybridized carbons (Fsp3) is 0.762. The number of Topliss-reactive ketones (excluding diaryl/α,β-unsaturated/α-hetero) is 1. The minimum absolute atomic E-state index is 0.129. The topological polar surface area (TPSA) is 75.4 Å². The van der Waals surface area contributed by atoms with Crippen molar-refractivity contribution in [3.63, 3.8) is 0 Å². The molecular formula is C21H32BrN3O3. The number of amides is 1. The number of nitrogens with one attached hydrogen (secondary N) is 1. The summed E-state index contributed by atoms with van der Waals surface area (Å²) in [5.74, 6) is 1.15. The summed E-state index contributed by atoms with van der Waals surface area (Å²) in [7, 11) is 2.15. The molecule has 6 nitrogen and oxygen atoms in total. The third-order valence-electron chi connectivity index (χ3n) is 6.44. The number of rotatable bonds is 10. The van der Waals surface area contributed by atoms with Crippen LogP contribution in [0.3, 0.4) is 0 Å². The second-order valence-corrected chi connectivity index (χ2v) is 9.26. The standard InChI is InChI=1S/C21H32BrN3O3/c1-3-15(26)7-5-4-6-8-17(20-23-14-18(22)28-20)24-19(27)16-13-21(16)9-11-25(2)12-10-21/h14,16-17H,3-13H2,1-2H3,(H,24,27)/t16-,17+/m1/s1. The Kier molecular flexibility index (Phi) is 7.31. The molecular weight excluding hydrogens is 422 g/mol. The van der Waals surface area contributed by atoms with Crippen molar-refractivity contribution in [3.05, 3.63) is 16.8 Å². The number of aromatic nitrogens is 1. The molecule has 1 aliphatic carbocycles. The van der Waals surface area contributed by atoms with E-state index in [-0.39, 0.29) is 23.3 Å². The second-order valence-electron chi connectivity index (χ2n) is 8.48. The van der Waals surface area contributed by atoms with Crippen LogP contribution in [-0.2, 0) is 9.59 Å². The van der Waals surface area contributed by atoms with Gasteiger partial charge in [-0.2, -0.15) is 0 Å². The van der Waals surface area contributed by atoms with Crippen molar-refractivity contribution >= 4 is 27.6 Å². The van der Waals surface area contributed by atoms with Gasteiger partial charge in [0.25, 0.3) is 0 Å². The first-order valence-corrected chi connectivity index (χ1v) is 11.3. The largest absolute Gasteiger partial charge is 0.432 e. The van der Waals surface area contributed by atoms with Gasteiger partial charge in [-0.15, -0.1) is 0 Å². The lowest BCUT2D eigenvalue weighted by Crippen LogP contribution is -2.36. The first kappa shape index (κ1) is 21.5. The summed E-state index contributed by atoms with van der Waals surface area (Å²) in [5, 5.41) is 3.21. The summed E-state index contributed by atoms with van der Waals surface area (Å²) in [5.41, 5.74) is 0.221. The first-order valence-electron chi connectivity index (χ1n) is 10.6. The number of nitrogens with zero attached hydrogens (tertiary/aromatic N) is 2. The van der Waals surface area contributed by atoms with Gasteiger partial charge in [0.1, 0.15) is 11.8 Å². The summed E-state index contributed by atoms with van der Waals surface area (Å²) in [6.07, 6.45) is 9.72. The van der Waals surface area contributed by atoms with Crippen LogP contribution in [0.4, 0.5) is 0 Å². The maximum atomic E-state index is 12.9. The second kappa shape index (κ2) is 9.53. The zero-order chi connectivity index (χ0) is 20.1. The van der Waals surface area contributed by atoms with Crippen LogP contribution in [0.1, 0.15) is 76.6 Å². The van der Waals surface area contributed by atoms with E-state index >= 15 is 0 Å². The molecule has 1 aromatic rings. The maximum absolute atomic E-state index is 12.9. The lowest BCUT2D eigenvalue weighted by molar-refractivity contribution is -0.124. The van der Waals surface area contributed by atoms with Crippen molar-refractivity contribution < 1.29 is 14.0 Å². The number of oxazole rings is 1. The van der Waals surface area contributed by atoms with Crippen molar-refractivity contribution in [2.24, 2.45) is 11.3 Å². The fourth-order valence-corrected chi connectivity index (χ4v) is 4.59. The average molecular weight is 454 g/mol. The quantitative estimate of drug-likeness (QED) is 0.535. The lowest BCUT2D eigenvalue weighted by atomic mass is 9.91. The SMILES string of the molecule is CCC(=O)CCCCC[C@H](NC(=O)[C@H]1CC12CCN(C)CC2)c1ncc(Br)o1. The van der Waals surface area contributed by atoms with Crippen molar-refractivity contribution in [3.8, 4) is 0 Å². The highest BCUT2D eigenvalue weighted by molar-refractivity contribution is 9.10. The molecule has 1 spiro atoms. The predicted molar refractivity (Wildman–Crippen MR) is 111 cm³/mol. The monoisotopic (exact) mass is 453 g/mol. The zero-order valence-electron chi connectivity index (χ0n) is 17.0. The predicted octanol–water partition coefficient (Wildman–Crippen LogP) is 4.26. The van der Waals surface area contributed by atoms with Crippen LogP contribution in [-0.4, -0.2) is 41.7 Å². The minimum Gasteiger partial charge on any atom is -0.432 e. The number of ketones is 1. The molecule has 2 aliphatic rings. The number of carbonyl (C=O) groups is 2. The van der Waals surface area contributed by atoms with E-state index in [4.69, 9.17) is 4.42 Å². The molecule has 1 amide bonds. The van der Waals surface area contributed by atoms with E-state index in [9.17, 15) is 9.59 Å². The Balaban J connectivity index is 1.51. The van der Waals surface area contributed by atoms with Crippen molar-refractivity contribution in [2.75, 3.05) is 20.1 Å². The third kappa shape index (κ3) is 5.44. The number of piperidine rings is 1. The van der Waals surface area contributed by atoms with Gasteiger partial charge in [-0.05, 0) is 73.6 Å². The van der Waals surface area contributed by atoms with Gasteiger partial charge in [0.15, 0.2) is 4.67 Å². The lowest BCUT2D eigenvalue weighted by Gasteiger charge is -2.30. The third-order valence-corrected chi connectivity index (χ3v) is 6.81. The molecule has 3 rings (SSSR count). The van der Waals surface area contributed by atoms with Gasteiger partial charge >= 0.3 is 0 Å². The number of halogens is 1. The Morgan fingerprint density at radius 3 is 2.75 bits per heavy atom. The van der Waals surface area contributed by atoms with Gasteiger partial charge in [0.2, 0.25) is 11.8 Å². The van der Waals surface area contributed by atoms with Gasteiger partial charge < -0.3 is 14.6 Å². The summed E-state index contributed by atoms with van der Waals surface area (Å²) in [6, 6.07) is -0.204. The smallest absolute Gasteiger partial charge is 0.224 e. The Morgan fingerprint density at radius 1 is 1.36 bits per heavy atom. The van der Waals surface area contributed by atoms with Crippen molar-refractivity contribution in [2.45, 2.75) is 70.8 Å². The molecule has 1 aromatic heterocycles. The van der Waals surface area contributed by atoms with Crippen LogP contribution in [0, 0.1) is 11.3 Å². The number of hydrogen-bond donors (Lipinski definition) is 1. The van der Waals surface area contributed by atoms with Gasteiger partial charge in [0.05, 0.1) is 6.20 Å². The van der Waals surface area contributed by atoms with Gasteiger partial charge in [-0.1, -0.05) is 19.8 Å². The van der Waals surface area contributed by atoms with E-state index in [0.717, 1.165) is 58.0 Å². The molecule has 156 valence electrons. The molecule has 0 bridgehead atoms. The highest BCUT2D eigenvalue weighted by Crippen LogP contribution is 2.59. The Labute approximate surface area is 176 Å². The molecule has 2 atom stereocenters. The van der Waals surface area contributed by atoms with Crippen LogP contribution in [0.25, 0.3) is 0 Å². The number of likely N-dealkylation sites (tertiary alicyclic amines) is 1. The molecule has 2 fully saturated rings. The molecule has 7 heteroatoms. The van der Waals surface area contributed by atoms with E-state index in [2.05, 4.69) is 38.2 Å². The minimum atomic E-state index is -0.204. The van der Waals surface area contributed by atoms with Crippen LogP contribution >= 0.6 is 15.9 Å². The van der Waals surface area contributed by atoms with Gasteiger partial charge in [0, 0.05) is 18.8 Å². The highest BCUT2D eigenvalue weighted by atomic mass is 79.9. The molecule has 2 heterocycles. The van der Waals surface area contributed by atoms with E-state index in [1.165, 1.54) is 0 Å². The zero-order valence-corrected chi connectivity index (χ0v) is 18.6. The Bertz CT molecular complexity index is 682.